The Bertz CT molecular complexity index is 960. The Morgan fingerprint density at radius 1 is 1.10 bits per heavy atom. The lowest BCUT2D eigenvalue weighted by Crippen LogP contribution is -2.49. The molecule has 1 aromatic carbocycles. The van der Waals surface area contributed by atoms with Crippen molar-refractivity contribution in [3.63, 3.8) is 0 Å². The van der Waals surface area contributed by atoms with Crippen LogP contribution < -0.4 is 10.0 Å². The molecule has 1 atom stereocenters. The van der Waals surface area contributed by atoms with Crippen molar-refractivity contribution >= 4 is 26.0 Å². The molecular formula is C19H29N3O5S2. The molecule has 2 aliphatic rings. The average Bonchev–Trinajstić information content (AvgIpc) is 2.67. The minimum Gasteiger partial charge on any atom is -0.352 e. The fourth-order valence-corrected chi connectivity index (χ4v) is 5.91. The summed E-state index contributed by atoms with van der Waals surface area (Å²) in [5.41, 5.74) is 2.30. The van der Waals surface area contributed by atoms with Gasteiger partial charge in [0.15, 0.2) is 0 Å². The highest BCUT2D eigenvalue weighted by molar-refractivity contribution is 7.89. The first-order valence-corrected chi connectivity index (χ1v) is 13.3. The van der Waals surface area contributed by atoms with Gasteiger partial charge in [-0.2, -0.15) is 0 Å². The Kier molecular flexibility index (Phi) is 6.98. The molecule has 10 heteroatoms. The molecule has 8 nitrogen and oxygen atoms in total. The Balaban J connectivity index is 1.49. The minimum atomic E-state index is -3.67. The van der Waals surface area contributed by atoms with Gasteiger partial charge in [-0.3, -0.25) is 4.79 Å². The van der Waals surface area contributed by atoms with Gasteiger partial charge in [-0.15, -0.1) is 0 Å². The maximum absolute atomic E-state index is 12.5. The summed E-state index contributed by atoms with van der Waals surface area (Å²) in [5.74, 6) is -0.293. The molecule has 1 fully saturated rings. The molecule has 0 spiro atoms. The van der Waals surface area contributed by atoms with Crippen molar-refractivity contribution in [1.82, 2.24) is 14.3 Å². The minimum absolute atomic E-state index is 0.000451. The van der Waals surface area contributed by atoms with E-state index >= 15 is 0 Å². The van der Waals surface area contributed by atoms with E-state index in [1.807, 2.05) is 6.07 Å². The van der Waals surface area contributed by atoms with E-state index < -0.39 is 20.0 Å². The molecule has 1 saturated heterocycles. The van der Waals surface area contributed by atoms with Gasteiger partial charge in [0.1, 0.15) is 0 Å². The number of hydrogen-bond acceptors (Lipinski definition) is 5. The second kappa shape index (κ2) is 9.11. The van der Waals surface area contributed by atoms with Crippen LogP contribution in [0.3, 0.4) is 0 Å². The van der Waals surface area contributed by atoms with Gasteiger partial charge < -0.3 is 5.32 Å². The third-order valence-electron chi connectivity index (χ3n) is 5.49. The molecule has 1 aliphatic carbocycles. The number of hydrogen-bond donors (Lipinski definition) is 2. The number of nitrogens with zero attached hydrogens (tertiary/aromatic N) is 1. The first-order chi connectivity index (χ1) is 13.6. The number of benzene rings is 1. The standard InChI is InChI=1S/C19H29N3O5S2/c1-28(24,25)22-12-4-7-17(14-22)21-19(23)10-11-20-29(26,27)18-9-8-15-5-2-3-6-16(15)13-18/h8-9,13,17,20H,2-7,10-12,14H2,1H3,(H,21,23). The van der Waals surface area contributed by atoms with Gasteiger partial charge in [0, 0.05) is 32.1 Å². The Morgan fingerprint density at radius 2 is 1.83 bits per heavy atom. The topological polar surface area (TPSA) is 113 Å². The quantitative estimate of drug-likeness (QED) is 0.646. The predicted molar refractivity (Wildman–Crippen MR) is 110 cm³/mol. The molecule has 1 aliphatic heterocycles. The highest BCUT2D eigenvalue weighted by atomic mass is 32.2. The third kappa shape index (κ3) is 6.00. The Labute approximate surface area is 173 Å². The van der Waals surface area contributed by atoms with Crippen LogP contribution in [0.1, 0.15) is 43.2 Å². The molecule has 0 bridgehead atoms. The molecule has 3 rings (SSSR count). The lowest BCUT2D eigenvalue weighted by molar-refractivity contribution is -0.121. The van der Waals surface area contributed by atoms with Crippen LogP contribution in [-0.2, 0) is 37.7 Å². The second-order valence-corrected chi connectivity index (χ2v) is 11.6. The number of fused-ring (bicyclic) bond motifs is 1. The number of carbonyl (C=O) groups excluding carboxylic acids is 1. The Hall–Kier alpha value is -1.49. The van der Waals surface area contributed by atoms with E-state index in [0.717, 1.165) is 37.5 Å². The van der Waals surface area contributed by atoms with E-state index in [1.54, 1.807) is 12.1 Å². The summed E-state index contributed by atoms with van der Waals surface area (Å²) in [5, 5.41) is 2.81. The lowest BCUT2D eigenvalue weighted by Gasteiger charge is -2.31. The second-order valence-electron chi connectivity index (χ2n) is 7.81. The first kappa shape index (κ1) is 22.2. The van der Waals surface area contributed by atoms with Crippen LogP contribution in [0.15, 0.2) is 23.1 Å². The van der Waals surface area contributed by atoms with Gasteiger partial charge in [0.25, 0.3) is 0 Å². The van der Waals surface area contributed by atoms with Crippen molar-refractivity contribution in [2.24, 2.45) is 0 Å². The zero-order valence-corrected chi connectivity index (χ0v) is 18.3. The van der Waals surface area contributed by atoms with Crippen molar-refractivity contribution in [2.45, 2.75) is 55.9 Å². The molecule has 0 radical (unpaired) electrons. The molecule has 0 saturated carbocycles. The predicted octanol–water partition coefficient (Wildman–Crippen LogP) is 0.774. The van der Waals surface area contributed by atoms with Crippen molar-refractivity contribution in [3.8, 4) is 0 Å². The SMILES string of the molecule is CS(=O)(=O)N1CCCC(NC(=O)CCNS(=O)(=O)c2ccc3c(c2)CCCC3)C1. The van der Waals surface area contributed by atoms with Gasteiger partial charge in [-0.1, -0.05) is 6.07 Å². The number of amides is 1. The molecular weight excluding hydrogens is 414 g/mol. The monoisotopic (exact) mass is 443 g/mol. The van der Waals surface area contributed by atoms with Crippen LogP contribution in [0.5, 0.6) is 0 Å². The molecule has 1 heterocycles. The van der Waals surface area contributed by atoms with E-state index in [-0.39, 0.29) is 36.4 Å². The fraction of sp³-hybridized carbons (Fsp3) is 0.632. The number of piperidine rings is 1. The van der Waals surface area contributed by atoms with Gasteiger partial charge >= 0.3 is 0 Å². The van der Waals surface area contributed by atoms with E-state index in [2.05, 4.69) is 10.0 Å². The maximum Gasteiger partial charge on any atom is 0.240 e. The molecule has 1 unspecified atom stereocenters. The number of nitrogens with one attached hydrogen (secondary N) is 2. The molecule has 162 valence electrons. The van der Waals surface area contributed by atoms with Crippen LogP contribution in [0.2, 0.25) is 0 Å². The lowest BCUT2D eigenvalue weighted by atomic mass is 9.92. The van der Waals surface area contributed by atoms with E-state index in [9.17, 15) is 21.6 Å². The Morgan fingerprint density at radius 3 is 2.55 bits per heavy atom. The summed E-state index contributed by atoms with van der Waals surface area (Å²) in [6.07, 6.45) is 6.64. The largest absolute Gasteiger partial charge is 0.352 e. The molecule has 0 aromatic heterocycles. The van der Waals surface area contributed by atoms with Crippen LogP contribution in [0.4, 0.5) is 0 Å². The molecule has 2 N–H and O–H groups in total. The molecule has 1 aromatic rings. The van der Waals surface area contributed by atoms with Crippen molar-refractivity contribution in [3.05, 3.63) is 29.3 Å². The van der Waals surface area contributed by atoms with Crippen molar-refractivity contribution in [2.75, 3.05) is 25.9 Å². The van der Waals surface area contributed by atoms with Gasteiger partial charge in [-0.05, 0) is 61.8 Å². The number of sulfonamides is 2. The normalized spacial score (nSPS) is 20.8. The summed E-state index contributed by atoms with van der Waals surface area (Å²) >= 11 is 0. The van der Waals surface area contributed by atoms with Crippen molar-refractivity contribution in [1.29, 1.82) is 0 Å². The third-order valence-corrected chi connectivity index (χ3v) is 8.22. The summed E-state index contributed by atoms with van der Waals surface area (Å²) in [6.45, 7) is 0.713. The first-order valence-electron chi connectivity index (χ1n) is 10.0. The molecule has 29 heavy (non-hydrogen) atoms. The zero-order valence-electron chi connectivity index (χ0n) is 16.7. The van der Waals surface area contributed by atoms with E-state index in [0.29, 0.717) is 19.4 Å². The summed E-state index contributed by atoms with van der Waals surface area (Å²) < 4.78 is 52.2. The van der Waals surface area contributed by atoms with Gasteiger partial charge in [-0.25, -0.2) is 25.9 Å². The van der Waals surface area contributed by atoms with Crippen LogP contribution in [-0.4, -0.2) is 59.0 Å². The summed E-state index contributed by atoms with van der Waals surface area (Å²) in [6, 6.07) is 4.99. The average molecular weight is 444 g/mol. The maximum atomic E-state index is 12.5. The fourth-order valence-electron chi connectivity index (χ4n) is 3.92. The van der Waals surface area contributed by atoms with Gasteiger partial charge in [0.05, 0.1) is 11.2 Å². The van der Waals surface area contributed by atoms with E-state index in [1.165, 1.54) is 9.87 Å². The van der Waals surface area contributed by atoms with E-state index in [4.69, 9.17) is 0 Å². The summed E-state index contributed by atoms with van der Waals surface area (Å²) in [7, 11) is -6.95. The van der Waals surface area contributed by atoms with Crippen LogP contribution >= 0.6 is 0 Å². The number of rotatable bonds is 7. The van der Waals surface area contributed by atoms with Crippen molar-refractivity contribution < 1.29 is 21.6 Å². The van der Waals surface area contributed by atoms with Gasteiger partial charge in [0.2, 0.25) is 26.0 Å². The highest BCUT2D eigenvalue weighted by Gasteiger charge is 2.26. The summed E-state index contributed by atoms with van der Waals surface area (Å²) in [4.78, 5) is 12.4. The highest BCUT2D eigenvalue weighted by Crippen LogP contribution is 2.24. The molecule has 1 amide bonds. The van der Waals surface area contributed by atoms with Crippen LogP contribution in [0.25, 0.3) is 0 Å². The number of carbonyl (C=O) groups is 1. The zero-order chi connectivity index (χ0) is 21.1. The van der Waals surface area contributed by atoms with Crippen LogP contribution in [0, 0.1) is 0 Å². The smallest absolute Gasteiger partial charge is 0.240 e. The number of aryl methyl sites for hydroxylation is 2.